The smallest absolute Gasteiger partial charge is 0.475 e. The van der Waals surface area contributed by atoms with Crippen molar-refractivity contribution in [3.63, 3.8) is 0 Å². The maximum absolute atomic E-state index is 12.2. The third kappa shape index (κ3) is 6.20. The number of likely N-dealkylation sites (tertiary alicyclic amines) is 1. The Balaban J connectivity index is 0.000000423. The minimum absolute atomic E-state index is 0.136. The van der Waals surface area contributed by atoms with Gasteiger partial charge in [-0.15, -0.1) is 0 Å². The van der Waals surface area contributed by atoms with Crippen molar-refractivity contribution in [2.24, 2.45) is 5.92 Å². The van der Waals surface area contributed by atoms with E-state index < -0.39 is 28.2 Å². The molecule has 3 atom stereocenters. The van der Waals surface area contributed by atoms with Crippen LogP contribution in [0.15, 0.2) is 16.5 Å². The maximum atomic E-state index is 12.2. The highest BCUT2D eigenvalue weighted by Crippen LogP contribution is 2.38. The molecule has 0 saturated carbocycles. The summed E-state index contributed by atoms with van der Waals surface area (Å²) in [4.78, 5) is 23.2. The monoisotopic (exact) mass is 469 g/mol. The molecule has 0 spiro atoms. The van der Waals surface area contributed by atoms with Gasteiger partial charge in [-0.2, -0.15) is 17.5 Å². The zero-order valence-electron chi connectivity index (χ0n) is 17.3. The molecule has 1 amide bonds. The van der Waals surface area contributed by atoms with Gasteiger partial charge in [0.05, 0.1) is 12.8 Å². The van der Waals surface area contributed by atoms with Crippen molar-refractivity contribution < 1.29 is 40.7 Å². The fourth-order valence-corrected chi connectivity index (χ4v) is 5.37. The lowest BCUT2D eigenvalue weighted by atomic mass is 10.0. The standard InChI is InChI=1S/C16H25N3O4S.C2HF3O2/c1-4-12-5-6-13(23-12)9-18-8-11-7-14(16(20)17-2)19(15(11)10-18)24(3,21)22;3-2(4,5)1(6)7/h5-6,11,14-15H,4,7-10H2,1-3H3,(H,17,20);(H,6,7)/t11-,14?,15+;/m0./s1. The molecule has 2 aliphatic heterocycles. The first-order chi connectivity index (χ1) is 14.3. The summed E-state index contributed by atoms with van der Waals surface area (Å²) in [6.45, 7) is 4.14. The van der Waals surface area contributed by atoms with Crippen molar-refractivity contribution in [2.45, 2.75) is 44.6 Å². The molecule has 2 saturated heterocycles. The number of fused-ring (bicyclic) bond motifs is 1. The van der Waals surface area contributed by atoms with Gasteiger partial charge in [0.2, 0.25) is 15.9 Å². The van der Waals surface area contributed by atoms with Gasteiger partial charge in [0.25, 0.3) is 0 Å². The van der Waals surface area contributed by atoms with E-state index in [1.807, 2.05) is 19.1 Å². The summed E-state index contributed by atoms with van der Waals surface area (Å²) in [7, 11) is -1.89. The number of carboxylic acids is 1. The number of alkyl halides is 3. The Morgan fingerprint density at radius 2 is 1.84 bits per heavy atom. The topological polar surface area (TPSA) is 120 Å². The number of hydrogen-bond acceptors (Lipinski definition) is 6. The number of carboxylic acid groups (broad SMARTS) is 1. The van der Waals surface area contributed by atoms with Crippen LogP contribution in [0.4, 0.5) is 13.2 Å². The number of carbonyl (C=O) groups excluding carboxylic acids is 1. The second-order valence-electron chi connectivity index (χ2n) is 7.50. The Kier molecular flexibility index (Phi) is 7.76. The number of rotatable bonds is 5. The summed E-state index contributed by atoms with van der Waals surface area (Å²) >= 11 is 0. The van der Waals surface area contributed by atoms with E-state index in [1.54, 1.807) is 7.05 Å². The molecular formula is C18H26F3N3O6S. The van der Waals surface area contributed by atoms with Crippen molar-refractivity contribution in [1.29, 1.82) is 0 Å². The molecule has 0 radical (unpaired) electrons. The van der Waals surface area contributed by atoms with Crippen molar-refractivity contribution in [2.75, 3.05) is 26.4 Å². The van der Waals surface area contributed by atoms with Gasteiger partial charge in [0.15, 0.2) is 0 Å². The fraction of sp³-hybridized carbons (Fsp3) is 0.667. The number of hydrogen-bond donors (Lipinski definition) is 2. The van der Waals surface area contributed by atoms with Gasteiger partial charge in [0, 0.05) is 32.6 Å². The third-order valence-electron chi connectivity index (χ3n) is 5.26. The minimum atomic E-state index is -5.08. The lowest BCUT2D eigenvalue weighted by molar-refractivity contribution is -0.192. The number of carbonyl (C=O) groups is 2. The zero-order valence-corrected chi connectivity index (χ0v) is 18.2. The number of nitrogens with zero attached hydrogens (tertiary/aromatic N) is 2. The highest BCUT2D eigenvalue weighted by molar-refractivity contribution is 7.88. The first-order valence-electron chi connectivity index (χ1n) is 9.58. The van der Waals surface area contributed by atoms with E-state index in [9.17, 15) is 26.4 Å². The van der Waals surface area contributed by atoms with Crippen LogP contribution in [0.3, 0.4) is 0 Å². The van der Waals surface area contributed by atoms with Crippen LogP contribution in [-0.4, -0.2) is 79.3 Å². The van der Waals surface area contributed by atoms with Crippen LogP contribution in [0.5, 0.6) is 0 Å². The molecule has 1 aromatic rings. The van der Waals surface area contributed by atoms with E-state index in [1.165, 1.54) is 10.6 Å². The Morgan fingerprint density at radius 1 is 1.26 bits per heavy atom. The van der Waals surface area contributed by atoms with Crippen LogP contribution in [-0.2, 0) is 32.6 Å². The van der Waals surface area contributed by atoms with E-state index in [-0.39, 0.29) is 17.9 Å². The molecule has 176 valence electrons. The minimum Gasteiger partial charge on any atom is -0.475 e. The predicted molar refractivity (Wildman–Crippen MR) is 103 cm³/mol. The van der Waals surface area contributed by atoms with Crippen molar-refractivity contribution in [1.82, 2.24) is 14.5 Å². The molecule has 2 N–H and O–H groups in total. The molecule has 2 fully saturated rings. The number of likely N-dealkylation sites (N-methyl/N-ethyl adjacent to an activating group) is 1. The molecule has 3 heterocycles. The van der Waals surface area contributed by atoms with Gasteiger partial charge < -0.3 is 14.8 Å². The second-order valence-corrected chi connectivity index (χ2v) is 9.39. The van der Waals surface area contributed by atoms with E-state index in [0.717, 1.165) is 24.5 Å². The summed E-state index contributed by atoms with van der Waals surface area (Å²) in [6.07, 6.45) is -2.46. The average Bonchev–Trinajstić information content (AvgIpc) is 3.33. The molecule has 0 bridgehead atoms. The molecule has 0 aliphatic carbocycles. The molecule has 1 aromatic heterocycles. The summed E-state index contributed by atoms with van der Waals surface area (Å²) in [6, 6.07) is 3.24. The molecular weight excluding hydrogens is 443 g/mol. The van der Waals surface area contributed by atoms with Crippen LogP contribution < -0.4 is 5.32 Å². The number of aryl methyl sites for hydroxylation is 1. The van der Waals surface area contributed by atoms with Crippen LogP contribution in [0, 0.1) is 5.92 Å². The summed E-state index contributed by atoms with van der Waals surface area (Å²) < 4.78 is 63.3. The molecule has 13 heteroatoms. The predicted octanol–water partition coefficient (Wildman–Crippen LogP) is 1.06. The largest absolute Gasteiger partial charge is 0.490 e. The Hall–Kier alpha value is -2.12. The first kappa shape index (κ1) is 25.1. The summed E-state index contributed by atoms with van der Waals surface area (Å²) in [5, 5.41) is 9.71. The number of furan rings is 1. The molecule has 9 nitrogen and oxygen atoms in total. The molecule has 31 heavy (non-hydrogen) atoms. The molecule has 2 aliphatic rings. The summed E-state index contributed by atoms with van der Waals surface area (Å²) in [5.41, 5.74) is 0. The lowest BCUT2D eigenvalue weighted by Gasteiger charge is -2.27. The van der Waals surface area contributed by atoms with E-state index in [4.69, 9.17) is 14.3 Å². The number of aliphatic carboxylic acids is 1. The normalized spacial score (nSPS) is 24.4. The van der Waals surface area contributed by atoms with Gasteiger partial charge in [-0.25, -0.2) is 13.2 Å². The highest BCUT2D eigenvalue weighted by Gasteiger charge is 2.52. The molecule has 1 unspecified atom stereocenters. The van der Waals surface area contributed by atoms with Crippen molar-refractivity contribution in [3.8, 4) is 0 Å². The first-order valence-corrected chi connectivity index (χ1v) is 11.4. The molecule has 3 rings (SSSR count). The lowest BCUT2D eigenvalue weighted by Crippen LogP contribution is -2.49. The maximum Gasteiger partial charge on any atom is 0.490 e. The Bertz CT molecular complexity index is 902. The van der Waals surface area contributed by atoms with Crippen LogP contribution in [0.1, 0.15) is 24.9 Å². The van der Waals surface area contributed by atoms with Crippen molar-refractivity contribution >= 4 is 21.9 Å². The Labute approximate surface area is 178 Å². The fourth-order valence-electron chi connectivity index (χ4n) is 4.00. The van der Waals surface area contributed by atoms with Gasteiger partial charge in [-0.3, -0.25) is 9.69 Å². The second kappa shape index (κ2) is 9.57. The number of amides is 1. The quantitative estimate of drug-likeness (QED) is 0.662. The number of halogens is 3. The van der Waals surface area contributed by atoms with E-state index in [0.29, 0.717) is 19.5 Å². The van der Waals surface area contributed by atoms with Crippen molar-refractivity contribution in [3.05, 3.63) is 23.7 Å². The van der Waals surface area contributed by atoms with Crippen LogP contribution >= 0.6 is 0 Å². The number of sulfonamides is 1. The highest BCUT2D eigenvalue weighted by atomic mass is 32.2. The molecule has 0 aromatic carbocycles. The van der Waals surface area contributed by atoms with E-state index >= 15 is 0 Å². The summed E-state index contributed by atoms with van der Waals surface area (Å²) in [5.74, 6) is -0.933. The van der Waals surface area contributed by atoms with Gasteiger partial charge in [-0.05, 0) is 24.5 Å². The Morgan fingerprint density at radius 3 is 2.29 bits per heavy atom. The van der Waals surface area contributed by atoms with Gasteiger partial charge >= 0.3 is 12.1 Å². The zero-order chi connectivity index (χ0) is 23.6. The SMILES string of the molecule is CCc1ccc(CN2C[C@@H]3CC(C(=O)NC)N(S(C)(=O)=O)[C@@H]3C2)o1.O=C(O)C(F)(F)F. The number of nitrogens with one attached hydrogen (secondary N) is 1. The van der Waals surface area contributed by atoms with E-state index in [2.05, 4.69) is 10.2 Å². The van der Waals surface area contributed by atoms with Crippen LogP contribution in [0.2, 0.25) is 0 Å². The average molecular weight is 469 g/mol. The van der Waals surface area contributed by atoms with Crippen LogP contribution in [0.25, 0.3) is 0 Å². The van der Waals surface area contributed by atoms with Gasteiger partial charge in [0.1, 0.15) is 17.6 Å². The van der Waals surface area contributed by atoms with Gasteiger partial charge in [-0.1, -0.05) is 6.92 Å². The third-order valence-corrected chi connectivity index (χ3v) is 6.55.